The molecule has 10 heteroatoms. The van der Waals surface area contributed by atoms with E-state index in [9.17, 15) is 22.4 Å². The Bertz CT molecular complexity index is 1010. The highest BCUT2D eigenvalue weighted by Crippen LogP contribution is 2.39. The highest BCUT2D eigenvalue weighted by atomic mass is 19.4. The van der Waals surface area contributed by atoms with E-state index in [1.54, 1.807) is 6.92 Å². The largest absolute Gasteiger partial charge is 0.416 e. The average Bonchev–Trinajstić information content (AvgIpc) is 2.77. The molecule has 3 unspecified atom stereocenters. The van der Waals surface area contributed by atoms with Crippen molar-refractivity contribution in [2.24, 2.45) is 0 Å². The maximum absolute atomic E-state index is 14.5. The summed E-state index contributed by atoms with van der Waals surface area (Å²) in [5.41, 5.74) is -0.131. The molecule has 0 aromatic carbocycles. The average molecular weight is 482 g/mol. The Morgan fingerprint density at radius 2 is 2.06 bits per heavy atom. The molecule has 6 nitrogen and oxygen atoms in total. The van der Waals surface area contributed by atoms with Crippen molar-refractivity contribution in [2.45, 2.75) is 64.8 Å². The summed E-state index contributed by atoms with van der Waals surface area (Å²) in [6.07, 6.45) is -3.67. The summed E-state index contributed by atoms with van der Waals surface area (Å²) in [5, 5.41) is 5.96. The monoisotopic (exact) mass is 481 g/mol. The van der Waals surface area contributed by atoms with Crippen LogP contribution in [0.4, 0.5) is 29.2 Å². The Morgan fingerprint density at radius 3 is 2.68 bits per heavy atom. The van der Waals surface area contributed by atoms with Gasteiger partial charge in [0.25, 0.3) is 0 Å². The van der Waals surface area contributed by atoms with Crippen LogP contribution >= 0.6 is 0 Å². The fourth-order valence-electron chi connectivity index (χ4n) is 4.03. The second kappa shape index (κ2) is 10.7. The highest BCUT2D eigenvalue weighted by molar-refractivity contribution is 5.91. The van der Waals surface area contributed by atoms with Gasteiger partial charge >= 0.3 is 6.18 Å². The van der Waals surface area contributed by atoms with Gasteiger partial charge in [0.1, 0.15) is 17.8 Å². The van der Waals surface area contributed by atoms with Crippen LogP contribution in [0.15, 0.2) is 24.4 Å². The van der Waals surface area contributed by atoms with E-state index >= 15 is 0 Å². The number of amides is 1. The SMILES string of the molecule is CCCC(=O)Nc1nccc(-c2cc(C(F)(F)F)cc(N3CCNC(C)C3)n2)c1C(C)C(C)F. The molecule has 3 heterocycles. The molecule has 1 fully saturated rings. The number of nitrogens with one attached hydrogen (secondary N) is 2. The third kappa shape index (κ3) is 6.02. The number of piperazine rings is 1. The Balaban J connectivity index is 2.18. The predicted molar refractivity (Wildman–Crippen MR) is 125 cm³/mol. The van der Waals surface area contributed by atoms with Gasteiger partial charge in [-0.3, -0.25) is 4.79 Å². The molecule has 1 amide bonds. The van der Waals surface area contributed by atoms with Crippen LogP contribution in [-0.4, -0.2) is 47.7 Å². The number of hydrogen-bond donors (Lipinski definition) is 2. The van der Waals surface area contributed by atoms with Gasteiger partial charge in [-0.05, 0) is 38.5 Å². The molecule has 0 spiro atoms. The summed E-state index contributed by atoms with van der Waals surface area (Å²) in [7, 11) is 0. The number of aromatic nitrogens is 2. The smallest absolute Gasteiger partial charge is 0.354 e. The number of anilines is 2. The Kier molecular flexibility index (Phi) is 8.12. The van der Waals surface area contributed by atoms with E-state index < -0.39 is 23.8 Å². The van der Waals surface area contributed by atoms with Crippen LogP contribution in [0.2, 0.25) is 0 Å². The molecule has 3 atom stereocenters. The molecule has 0 bridgehead atoms. The first kappa shape index (κ1) is 25.9. The van der Waals surface area contributed by atoms with Crippen molar-refractivity contribution in [1.82, 2.24) is 15.3 Å². The van der Waals surface area contributed by atoms with E-state index in [0.29, 0.717) is 37.2 Å². The number of pyridine rings is 2. The van der Waals surface area contributed by atoms with Crippen LogP contribution in [0.5, 0.6) is 0 Å². The second-order valence-corrected chi connectivity index (χ2v) is 8.78. The molecule has 1 aliphatic heterocycles. The molecule has 0 radical (unpaired) electrons. The first-order valence-electron chi connectivity index (χ1n) is 11.5. The normalized spacial score (nSPS) is 18.5. The lowest BCUT2D eigenvalue weighted by Gasteiger charge is -2.33. The maximum atomic E-state index is 14.5. The standard InChI is InChI=1S/C24H31F4N5O/c1-5-6-21(34)32-23-22(15(3)16(4)25)18(7-8-30-23)19-11-17(24(26,27)28)12-20(31-19)33-10-9-29-14(2)13-33/h7-8,11-12,14-16,29H,5-6,9-10,13H2,1-4H3,(H,30,32,34). The Morgan fingerprint density at radius 1 is 1.32 bits per heavy atom. The summed E-state index contributed by atoms with van der Waals surface area (Å²) in [6, 6.07) is 3.64. The van der Waals surface area contributed by atoms with E-state index in [1.807, 2.05) is 18.7 Å². The molecule has 2 aromatic heterocycles. The number of carbonyl (C=O) groups excluding carboxylic acids is 1. The quantitative estimate of drug-likeness (QED) is 0.535. The minimum absolute atomic E-state index is 0.0619. The van der Waals surface area contributed by atoms with E-state index in [4.69, 9.17) is 0 Å². The molecule has 1 saturated heterocycles. The first-order chi connectivity index (χ1) is 16.0. The summed E-state index contributed by atoms with van der Waals surface area (Å²) in [5.74, 6) is -0.679. The van der Waals surface area contributed by atoms with Gasteiger partial charge in [0, 0.05) is 55.3 Å². The van der Waals surface area contributed by atoms with Crippen molar-refractivity contribution >= 4 is 17.5 Å². The third-order valence-corrected chi connectivity index (χ3v) is 5.98. The summed E-state index contributed by atoms with van der Waals surface area (Å²) in [4.78, 5) is 22.9. The third-order valence-electron chi connectivity index (χ3n) is 5.98. The minimum Gasteiger partial charge on any atom is -0.354 e. The van der Waals surface area contributed by atoms with Gasteiger partial charge in [-0.2, -0.15) is 13.2 Å². The fourth-order valence-corrected chi connectivity index (χ4v) is 4.03. The van der Waals surface area contributed by atoms with E-state index in [1.165, 1.54) is 19.2 Å². The van der Waals surface area contributed by atoms with Crippen LogP contribution in [0.1, 0.15) is 57.6 Å². The molecular formula is C24H31F4N5O. The van der Waals surface area contributed by atoms with Crippen molar-refractivity contribution < 1.29 is 22.4 Å². The molecule has 3 rings (SSSR count). The molecule has 2 N–H and O–H groups in total. The zero-order chi connectivity index (χ0) is 25.0. The van der Waals surface area contributed by atoms with Crippen molar-refractivity contribution in [1.29, 1.82) is 0 Å². The number of rotatable bonds is 7. The molecular weight excluding hydrogens is 450 g/mol. The molecule has 186 valence electrons. The van der Waals surface area contributed by atoms with Gasteiger partial charge in [-0.15, -0.1) is 0 Å². The van der Waals surface area contributed by atoms with E-state index in [2.05, 4.69) is 20.6 Å². The minimum atomic E-state index is -4.59. The van der Waals surface area contributed by atoms with Gasteiger partial charge in [0.2, 0.25) is 5.91 Å². The van der Waals surface area contributed by atoms with Gasteiger partial charge in [-0.1, -0.05) is 13.8 Å². The number of carbonyl (C=O) groups is 1. The molecule has 0 aliphatic carbocycles. The van der Waals surface area contributed by atoms with Crippen LogP contribution in [0.3, 0.4) is 0 Å². The summed E-state index contributed by atoms with van der Waals surface area (Å²) in [6.45, 7) is 8.43. The zero-order valence-corrected chi connectivity index (χ0v) is 19.8. The number of hydrogen-bond acceptors (Lipinski definition) is 5. The Labute approximate surface area is 197 Å². The van der Waals surface area contributed by atoms with Crippen molar-refractivity contribution in [3.8, 4) is 11.3 Å². The maximum Gasteiger partial charge on any atom is 0.416 e. The number of alkyl halides is 4. The topological polar surface area (TPSA) is 70.2 Å². The lowest BCUT2D eigenvalue weighted by molar-refractivity contribution is -0.137. The van der Waals surface area contributed by atoms with Crippen molar-refractivity contribution in [3.05, 3.63) is 35.5 Å². The Hall–Kier alpha value is -2.75. The first-order valence-corrected chi connectivity index (χ1v) is 11.5. The van der Waals surface area contributed by atoms with Gasteiger partial charge < -0.3 is 15.5 Å². The molecule has 34 heavy (non-hydrogen) atoms. The number of halogens is 4. The van der Waals surface area contributed by atoms with Gasteiger partial charge in [-0.25, -0.2) is 14.4 Å². The lowest BCUT2D eigenvalue weighted by atomic mass is 9.91. The van der Waals surface area contributed by atoms with E-state index in [0.717, 1.165) is 12.1 Å². The number of nitrogens with zero attached hydrogens (tertiary/aromatic N) is 3. The highest BCUT2D eigenvalue weighted by Gasteiger charge is 2.34. The predicted octanol–water partition coefficient (Wildman–Crippen LogP) is 5.16. The van der Waals surface area contributed by atoms with Crippen molar-refractivity contribution in [2.75, 3.05) is 29.9 Å². The molecule has 0 saturated carbocycles. The zero-order valence-electron chi connectivity index (χ0n) is 19.8. The van der Waals surface area contributed by atoms with E-state index in [-0.39, 0.29) is 35.7 Å². The van der Waals surface area contributed by atoms with Crippen LogP contribution in [-0.2, 0) is 11.0 Å². The van der Waals surface area contributed by atoms with Crippen molar-refractivity contribution in [3.63, 3.8) is 0 Å². The molecule has 2 aromatic rings. The van der Waals surface area contributed by atoms with Crippen LogP contribution < -0.4 is 15.5 Å². The summed E-state index contributed by atoms with van der Waals surface area (Å²) < 4.78 is 56.0. The lowest BCUT2D eigenvalue weighted by Crippen LogP contribution is -2.49. The van der Waals surface area contributed by atoms with Gasteiger partial charge in [0.05, 0.1) is 11.3 Å². The summed E-state index contributed by atoms with van der Waals surface area (Å²) >= 11 is 0. The second-order valence-electron chi connectivity index (χ2n) is 8.78. The molecule has 1 aliphatic rings. The van der Waals surface area contributed by atoms with Crippen LogP contribution in [0, 0.1) is 0 Å². The van der Waals surface area contributed by atoms with Gasteiger partial charge in [0.15, 0.2) is 0 Å². The van der Waals surface area contributed by atoms with Crippen LogP contribution in [0.25, 0.3) is 11.3 Å². The fraction of sp³-hybridized carbons (Fsp3) is 0.542.